The van der Waals surface area contributed by atoms with Gasteiger partial charge in [-0.2, -0.15) is 0 Å². The smallest absolute Gasteiger partial charge is 0.264 e. The number of likely N-dealkylation sites (tertiary alicyclic amines) is 1. The number of likely N-dealkylation sites (N-methyl/N-ethyl adjacent to an activating group) is 1. The van der Waals surface area contributed by atoms with Crippen LogP contribution in [0.3, 0.4) is 0 Å². The summed E-state index contributed by atoms with van der Waals surface area (Å²) >= 11 is 13.9. The van der Waals surface area contributed by atoms with E-state index in [-0.39, 0.29) is 28.1 Å². The lowest BCUT2D eigenvalue weighted by molar-refractivity contribution is -0.149. The van der Waals surface area contributed by atoms with Gasteiger partial charge in [-0.1, -0.05) is 53.5 Å². The number of benzene rings is 2. The molecule has 4 aliphatic rings. The topological polar surface area (TPSA) is 127 Å². The zero-order chi connectivity index (χ0) is 33.2. The Labute approximate surface area is 282 Å². The van der Waals surface area contributed by atoms with E-state index < -0.39 is 18.2 Å². The SMILES string of the molecule is COc1nc(-c2cccc(-c3cccc(NC(=O)C4=CN(C)C(O)N(C)C4=O)c3Cl)c2Cl)cc2c1[C@@H](N1CC3(CCC(=O)N3)C1)CC2. The standard InChI is InChI=1S/C34H34Cl2N6O5/c1-40-15-22(32(45)41(2)33(40)46)30(44)37-23-9-5-7-20(29(23)36)19-6-4-8-21(28(19)35)24-14-18-10-11-25(27(18)31(38-24)47-3)42-16-34(17-42)13-12-26(43)39-34/h4-9,14-15,25,33,46H,10-13,16-17H2,1-3H3,(H,37,44)(H,39,43)/t25-,33?/m0/s1. The number of carbonyl (C=O) groups excluding carboxylic acids is 3. The number of rotatable bonds is 6. The number of aromatic nitrogens is 1. The summed E-state index contributed by atoms with van der Waals surface area (Å²) in [5.41, 5.74) is 4.92. The first-order valence-electron chi connectivity index (χ1n) is 15.4. The largest absolute Gasteiger partial charge is 0.481 e. The molecule has 4 heterocycles. The molecule has 0 saturated carbocycles. The van der Waals surface area contributed by atoms with Gasteiger partial charge in [-0.05, 0) is 37.0 Å². The van der Waals surface area contributed by atoms with Crippen molar-refractivity contribution in [1.29, 1.82) is 0 Å². The maximum Gasteiger partial charge on any atom is 0.264 e. The lowest BCUT2D eigenvalue weighted by Crippen LogP contribution is -2.67. The summed E-state index contributed by atoms with van der Waals surface area (Å²) in [6.07, 6.45) is 3.41. The molecule has 1 aliphatic carbocycles. The van der Waals surface area contributed by atoms with Crippen LogP contribution in [0, 0.1) is 0 Å². The number of hydrogen-bond donors (Lipinski definition) is 3. The van der Waals surface area contributed by atoms with E-state index in [1.807, 2.05) is 18.2 Å². The molecule has 1 unspecified atom stereocenters. The molecule has 3 amide bonds. The lowest BCUT2D eigenvalue weighted by Gasteiger charge is -2.50. The van der Waals surface area contributed by atoms with Crippen LogP contribution in [0.4, 0.5) is 5.69 Å². The molecule has 3 N–H and O–H groups in total. The third kappa shape index (κ3) is 5.31. The number of ether oxygens (including phenoxy) is 1. The van der Waals surface area contributed by atoms with Crippen molar-refractivity contribution < 1.29 is 24.2 Å². The predicted molar refractivity (Wildman–Crippen MR) is 178 cm³/mol. The number of nitrogens with zero attached hydrogens (tertiary/aromatic N) is 4. The molecule has 7 rings (SSSR count). The molecule has 3 aromatic rings. The molecule has 3 aliphatic heterocycles. The minimum absolute atomic E-state index is 0.0998. The van der Waals surface area contributed by atoms with Gasteiger partial charge >= 0.3 is 0 Å². The first-order valence-corrected chi connectivity index (χ1v) is 16.2. The second kappa shape index (κ2) is 11.8. The number of aliphatic hydroxyl groups is 1. The summed E-state index contributed by atoms with van der Waals surface area (Å²) < 4.78 is 5.85. The number of pyridine rings is 1. The van der Waals surface area contributed by atoms with Gasteiger partial charge in [-0.25, -0.2) is 4.98 Å². The molecule has 244 valence electrons. The van der Waals surface area contributed by atoms with E-state index in [1.54, 1.807) is 32.4 Å². The van der Waals surface area contributed by atoms with Crippen LogP contribution in [0.2, 0.25) is 10.0 Å². The van der Waals surface area contributed by atoms with Crippen molar-refractivity contribution in [2.45, 2.75) is 43.6 Å². The van der Waals surface area contributed by atoms with Crippen molar-refractivity contribution in [3.05, 3.63) is 75.4 Å². The van der Waals surface area contributed by atoms with Crippen LogP contribution in [0.25, 0.3) is 22.4 Å². The Morgan fingerprint density at radius 2 is 1.77 bits per heavy atom. The van der Waals surface area contributed by atoms with Crippen molar-refractivity contribution in [3.8, 4) is 28.3 Å². The van der Waals surface area contributed by atoms with Gasteiger partial charge in [0.2, 0.25) is 18.1 Å². The van der Waals surface area contributed by atoms with E-state index >= 15 is 0 Å². The summed E-state index contributed by atoms with van der Waals surface area (Å²) in [6, 6.07) is 13.1. The molecule has 0 bridgehead atoms. The zero-order valence-electron chi connectivity index (χ0n) is 26.1. The van der Waals surface area contributed by atoms with Gasteiger partial charge in [-0.15, -0.1) is 0 Å². The minimum atomic E-state index is -1.17. The lowest BCUT2D eigenvalue weighted by atomic mass is 9.86. The van der Waals surface area contributed by atoms with Gasteiger partial charge in [0, 0.05) is 68.1 Å². The van der Waals surface area contributed by atoms with Gasteiger partial charge in [-0.3, -0.25) is 24.2 Å². The molecular formula is C34H34Cl2N6O5. The second-order valence-corrected chi connectivity index (χ2v) is 13.4. The molecule has 2 atom stereocenters. The third-order valence-electron chi connectivity index (χ3n) is 9.66. The number of aryl methyl sites for hydroxylation is 1. The van der Waals surface area contributed by atoms with Crippen molar-refractivity contribution in [3.63, 3.8) is 0 Å². The molecule has 1 spiro atoms. The Morgan fingerprint density at radius 3 is 2.47 bits per heavy atom. The van der Waals surface area contributed by atoms with Crippen LogP contribution in [-0.4, -0.2) is 88.7 Å². The Balaban J connectivity index is 1.16. The van der Waals surface area contributed by atoms with Gasteiger partial charge in [0.05, 0.1) is 34.1 Å². The fourth-order valence-electron chi connectivity index (χ4n) is 7.22. The molecule has 0 radical (unpaired) electrons. The fraction of sp³-hybridized carbons (Fsp3) is 0.353. The molecule has 1 aromatic heterocycles. The van der Waals surface area contributed by atoms with Crippen LogP contribution in [0.5, 0.6) is 5.88 Å². The molecule has 13 heteroatoms. The van der Waals surface area contributed by atoms with Crippen LogP contribution in [-0.2, 0) is 20.8 Å². The maximum atomic E-state index is 13.1. The molecule has 2 saturated heterocycles. The number of anilines is 1. The number of amides is 3. The number of nitrogens with one attached hydrogen (secondary N) is 2. The minimum Gasteiger partial charge on any atom is -0.481 e. The maximum absolute atomic E-state index is 13.1. The average molecular weight is 678 g/mol. The van der Waals surface area contributed by atoms with Crippen molar-refractivity contribution in [1.82, 2.24) is 25.0 Å². The van der Waals surface area contributed by atoms with Gasteiger partial charge < -0.3 is 25.4 Å². The number of halogens is 2. The molecule has 11 nitrogen and oxygen atoms in total. The Morgan fingerprint density at radius 1 is 1.06 bits per heavy atom. The summed E-state index contributed by atoms with van der Waals surface area (Å²) in [6.45, 7) is 1.65. The third-order valence-corrected chi connectivity index (χ3v) is 10.5. The second-order valence-electron chi connectivity index (χ2n) is 12.6. The molecular weight excluding hydrogens is 643 g/mol. The fourth-order valence-corrected chi connectivity index (χ4v) is 7.82. The normalized spacial score (nSPS) is 21.8. The zero-order valence-corrected chi connectivity index (χ0v) is 27.7. The monoisotopic (exact) mass is 676 g/mol. The number of methoxy groups -OCH3 is 1. The van der Waals surface area contributed by atoms with E-state index in [0.29, 0.717) is 45.4 Å². The highest BCUT2D eigenvalue weighted by Crippen LogP contribution is 2.48. The highest BCUT2D eigenvalue weighted by Gasteiger charge is 2.51. The Kier molecular flexibility index (Phi) is 7.91. The predicted octanol–water partition coefficient (Wildman–Crippen LogP) is 4.18. The molecule has 47 heavy (non-hydrogen) atoms. The van der Waals surface area contributed by atoms with Crippen LogP contribution >= 0.6 is 23.2 Å². The van der Waals surface area contributed by atoms with Gasteiger partial charge in [0.15, 0.2) is 0 Å². The van der Waals surface area contributed by atoms with Crippen LogP contribution in [0.15, 0.2) is 54.2 Å². The van der Waals surface area contributed by atoms with E-state index in [2.05, 4.69) is 21.6 Å². The number of fused-ring (bicyclic) bond motifs is 1. The average Bonchev–Trinajstić information content (AvgIpc) is 3.65. The Hall–Kier alpha value is -4.16. The van der Waals surface area contributed by atoms with Crippen LogP contribution < -0.4 is 15.4 Å². The van der Waals surface area contributed by atoms with Gasteiger partial charge in [0.25, 0.3) is 11.8 Å². The first kappa shape index (κ1) is 31.4. The quantitative estimate of drug-likeness (QED) is 0.332. The van der Waals surface area contributed by atoms with E-state index in [0.717, 1.165) is 48.4 Å². The summed E-state index contributed by atoms with van der Waals surface area (Å²) in [7, 11) is 4.60. The van der Waals surface area contributed by atoms with Crippen molar-refractivity contribution in [2.75, 3.05) is 39.6 Å². The number of carbonyl (C=O) groups is 3. The number of aliphatic hydroxyl groups excluding tert-OH is 1. The summed E-state index contributed by atoms with van der Waals surface area (Å²) in [5, 5.41) is 16.7. The first-order chi connectivity index (χ1) is 22.5. The van der Waals surface area contributed by atoms with Crippen LogP contribution in [0.1, 0.15) is 36.4 Å². The summed E-state index contributed by atoms with van der Waals surface area (Å²) in [5.74, 6) is -0.575. The molecule has 2 aromatic carbocycles. The Bertz CT molecular complexity index is 1860. The molecule has 2 fully saturated rings. The van der Waals surface area contributed by atoms with Crippen molar-refractivity contribution >= 4 is 46.6 Å². The highest BCUT2D eigenvalue weighted by atomic mass is 35.5. The number of hydrogen-bond acceptors (Lipinski definition) is 8. The highest BCUT2D eigenvalue weighted by molar-refractivity contribution is 6.40. The van der Waals surface area contributed by atoms with E-state index in [9.17, 15) is 19.5 Å². The van der Waals surface area contributed by atoms with E-state index in [4.69, 9.17) is 32.9 Å². The van der Waals surface area contributed by atoms with E-state index in [1.165, 1.54) is 18.1 Å². The van der Waals surface area contributed by atoms with Crippen molar-refractivity contribution in [2.24, 2.45) is 0 Å². The van der Waals surface area contributed by atoms with Gasteiger partial charge in [0.1, 0.15) is 5.57 Å². The summed E-state index contributed by atoms with van der Waals surface area (Å²) in [4.78, 5) is 47.4.